The summed E-state index contributed by atoms with van der Waals surface area (Å²) in [6.45, 7) is -3.01. The molecule has 0 aromatic rings. The Hall–Kier alpha value is -0.800. The molecule has 33 heavy (non-hydrogen) atoms. The van der Waals surface area contributed by atoms with E-state index in [1.54, 1.807) is 6.92 Å². The minimum atomic E-state index is -6.04. The highest BCUT2D eigenvalue weighted by Crippen LogP contribution is 2.62. The highest BCUT2D eigenvalue weighted by molar-refractivity contribution is 5.13. The van der Waals surface area contributed by atoms with E-state index < -0.39 is 60.6 Å². The second-order valence-corrected chi connectivity index (χ2v) is 10.4. The fourth-order valence-corrected chi connectivity index (χ4v) is 6.31. The molecule has 2 saturated carbocycles. The normalized spacial score (nSPS) is 35.1. The number of alkyl halides is 6. The molecule has 194 valence electrons. The first-order valence-electron chi connectivity index (χ1n) is 14.2. The second kappa shape index (κ2) is 9.34. The summed E-state index contributed by atoms with van der Waals surface area (Å²) in [4.78, 5) is 0. The van der Waals surface area contributed by atoms with Gasteiger partial charge >= 0.3 is 12.4 Å². The van der Waals surface area contributed by atoms with E-state index in [0.717, 1.165) is 0 Å². The first-order valence-corrected chi connectivity index (χ1v) is 11.2. The SMILES string of the molecule is [2H]C([2H])([2H])C(O)(CCC[C@](C)(CC=CC(O)(C(F)(F)F)C(F)(F)F)[C@H]1CC[C@H]2[C@@H](O)CCC[C@]12C)C([2H])([2H])[2H]. The molecule has 0 heterocycles. The van der Waals surface area contributed by atoms with Gasteiger partial charge in [0.25, 0.3) is 5.60 Å². The largest absolute Gasteiger partial charge is 0.429 e. The van der Waals surface area contributed by atoms with Crippen LogP contribution in [0, 0.1) is 22.7 Å². The van der Waals surface area contributed by atoms with Gasteiger partial charge in [-0.05, 0) is 87.4 Å². The molecule has 0 spiro atoms. The van der Waals surface area contributed by atoms with Gasteiger partial charge in [0, 0.05) is 8.22 Å². The maximum atomic E-state index is 13.2. The summed E-state index contributed by atoms with van der Waals surface area (Å²) < 4.78 is 125. The maximum absolute atomic E-state index is 13.2. The van der Waals surface area contributed by atoms with Crippen LogP contribution in [0.4, 0.5) is 26.3 Å². The Morgan fingerprint density at radius 3 is 2.15 bits per heavy atom. The predicted molar refractivity (Wildman–Crippen MR) is 113 cm³/mol. The molecule has 2 aliphatic carbocycles. The highest BCUT2D eigenvalue weighted by atomic mass is 19.4. The summed E-state index contributed by atoms with van der Waals surface area (Å²) in [6, 6.07) is 0. The van der Waals surface area contributed by atoms with Crippen LogP contribution in [0.1, 0.15) is 93.6 Å². The molecule has 0 saturated heterocycles. The molecule has 0 unspecified atom stereocenters. The van der Waals surface area contributed by atoms with Crippen molar-refractivity contribution in [2.45, 2.75) is 115 Å². The highest BCUT2D eigenvalue weighted by Gasteiger charge is 2.69. The smallest absolute Gasteiger partial charge is 0.393 e. The first-order chi connectivity index (χ1) is 17.3. The van der Waals surface area contributed by atoms with Crippen LogP contribution in [0.25, 0.3) is 0 Å². The number of fused-ring (bicyclic) bond motifs is 1. The Labute approximate surface area is 200 Å². The lowest BCUT2D eigenvalue weighted by Gasteiger charge is -2.50. The van der Waals surface area contributed by atoms with Gasteiger partial charge in [0.15, 0.2) is 0 Å². The summed E-state index contributed by atoms with van der Waals surface area (Å²) in [5.74, 6) is -0.475. The van der Waals surface area contributed by atoms with Gasteiger partial charge in [0.05, 0.1) is 11.7 Å². The molecule has 0 radical (unpaired) electrons. The topological polar surface area (TPSA) is 60.7 Å². The van der Waals surface area contributed by atoms with E-state index in [0.29, 0.717) is 38.2 Å². The van der Waals surface area contributed by atoms with Crippen molar-refractivity contribution in [1.82, 2.24) is 0 Å². The van der Waals surface area contributed by atoms with Crippen LogP contribution in [-0.4, -0.2) is 45.0 Å². The van der Waals surface area contributed by atoms with Crippen LogP contribution in [0.3, 0.4) is 0 Å². The molecule has 0 aromatic carbocycles. The third-order valence-corrected chi connectivity index (χ3v) is 8.02. The number of aliphatic hydroxyl groups is 3. The Balaban J connectivity index is 2.45. The zero-order valence-electron chi connectivity index (χ0n) is 24.9. The lowest BCUT2D eigenvalue weighted by Crippen LogP contribution is -2.55. The van der Waals surface area contributed by atoms with E-state index in [1.165, 1.54) is 0 Å². The van der Waals surface area contributed by atoms with E-state index >= 15 is 0 Å². The number of aliphatic hydroxyl groups excluding tert-OH is 1. The van der Waals surface area contributed by atoms with Crippen LogP contribution in [-0.2, 0) is 0 Å². The Morgan fingerprint density at radius 1 is 1.00 bits per heavy atom. The molecule has 0 amide bonds. The Morgan fingerprint density at radius 2 is 1.61 bits per heavy atom. The molecule has 3 N–H and O–H groups in total. The van der Waals surface area contributed by atoms with Crippen molar-refractivity contribution >= 4 is 0 Å². The van der Waals surface area contributed by atoms with Gasteiger partial charge in [0.2, 0.25) is 0 Å². The van der Waals surface area contributed by atoms with Crippen molar-refractivity contribution in [3.05, 3.63) is 12.2 Å². The van der Waals surface area contributed by atoms with Crippen LogP contribution in [0.2, 0.25) is 0 Å². The zero-order valence-corrected chi connectivity index (χ0v) is 18.9. The third kappa shape index (κ3) is 5.89. The molecule has 5 atom stereocenters. The second-order valence-electron chi connectivity index (χ2n) is 10.4. The van der Waals surface area contributed by atoms with Gasteiger partial charge in [-0.1, -0.05) is 32.8 Å². The third-order valence-electron chi connectivity index (χ3n) is 8.02. The van der Waals surface area contributed by atoms with E-state index in [-0.39, 0.29) is 37.2 Å². The van der Waals surface area contributed by atoms with Crippen molar-refractivity contribution in [1.29, 1.82) is 0 Å². The molecule has 2 fully saturated rings. The van der Waals surface area contributed by atoms with Gasteiger partial charge in [-0.2, -0.15) is 26.3 Å². The number of hydrogen-bond donors (Lipinski definition) is 3. The number of rotatable bonds is 8. The van der Waals surface area contributed by atoms with Crippen LogP contribution < -0.4 is 0 Å². The standard InChI is InChI=1S/C24H38F6O3/c1-19(2,32)11-6-12-20(3,13-7-15-22(33,23(25,26)27)24(28,29)30)18-10-9-16-17(31)8-5-14-21(16,18)4/h7,15-18,31-33H,5-6,8-14H2,1-4H3/t16-,17-,18+,20+,21-/m0/s1/i1D3,2D3. The fraction of sp³-hybridized carbons (Fsp3) is 0.917. The van der Waals surface area contributed by atoms with Gasteiger partial charge in [0.1, 0.15) is 0 Å². The summed E-state index contributed by atoms with van der Waals surface area (Å²) in [7, 11) is 0. The van der Waals surface area contributed by atoms with Crippen molar-refractivity contribution in [3.63, 3.8) is 0 Å². The summed E-state index contributed by atoms with van der Waals surface area (Å²) in [6.07, 6.45) is -10.7. The van der Waals surface area contributed by atoms with E-state index in [9.17, 15) is 41.7 Å². The van der Waals surface area contributed by atoms with Gasteiger partial charge < -0.3 is 15.3 Å². The molecule has 2 rings (SSSR count). The van der Waals surface area contributed by atoms with Gasteiger partial charge in [-0.25, -0.2) is 0 Å². The summed E-state index contributed by atoms with van der Waals surface area (Å²) in [5, 5.41) is 30.8. The van der Waals surface area contributed by atoms with Crippen LogP contribution in [0.5, 0.6) is 0 Å². The Kier molecular flexibility index (Phi) is 5.77. The van der Waals surface area contributed by atoms with Crippen molar-refractivity contribution in [2.75, 3.05) is 0 Å². The minimum Gasteiger partial charge on any atom is -0.393 e. The average molecular weight is 495 g/mol. The van der Waals surface area contributed by atoms with Gasteiger partial charge in [-0.15, -0.1) is 0 Å². The quantitative estimate of drug-likeness (QED) is 0.274. The minimum absolute atomic E-state index is 0.0225. The maximum Gasteiger partial charge on any atom is 0.429 e. The van der Waals surface area contributed by atoms with E-state index in [1.807, 2.05) is 6.92 Å². The van der Waals surface area contributed by atoms with E-state index in [2.05, 4.69) is 0 Å². The molecular weight excluding hydrogens is 450 g/mol. The lowest BCUT2D eigenvalue weighted by atomic mass is 9.56. The molecule has 0 bridgehead atoms. The number of allylic oxidation sites excluding steroid dienone is 1. The summed E-state index contributed by atoms with van der Waals surface area (Å²) >= 11 is 0. The molecular formula is C24H38F6O3. The molecule has 0 aliphatic heterocycles. The fourth-order valence-electron chi connectivity index (χ4n) is 6.31. The van der Waals surface area contributed by atoms with E-state index in [4.69, 9.17) is 8.22 Å². The molecule has 3 nitrogen and oxygen atoms in total. The molecule has 2 aliphatic rings. The zero-order chi connectivity index (χ0) is 30.5. The first kappa shape index (κ1) is 20.4. The summed E-state index contributed by atoms with van der Waals surface area (Å²) in [5.41, 5.74) is -9.73. The van der Waals surface area contributed by atoms with Crippen molar-refractivity contribution in [2.24, 2.45) is 22.7 Å². The Bertz CT molecular complexity index is 860. The van der Waals surface area contributed by atoms with Crippen molar-refractivity contribution in [3.8, 4) is 0 Å². The van der Waals surface area contributed by atoms with Crippen LogP contribution in [0.15, 0.2) is 12.2 Å². The number of halogens is 6. The lowest BCUT2D eigenvalue weighted by molar-refractivity contribution is -0.347. The predicted octanol–water partition coefficient (Wildman–Crippen LogP) is 6.31. The van der Waals surface area contributed by atoms with Gasteiger partial charge in [-0.3, -0.25) is 0 Å². The van der Waals surface area contributed by atoms with Crippen molar-refractivity contribution < 1.29 is 49.9 Å². The molecule has 9 heteroatoms. The number of hydrogen-bond acceptors (Lipinski definition) is 3. The van der Waals surface area contributed by atoms with Crippen LogP contribution >= 0.6 is 0 Å². The molecule has 0 aromatic heterocycles. The monoisotopic (exact) mass is 494 g/mol. The average Bonchev–Trinajstić information content (AvgIpc) is 3.09.